The third-order valence-electron chi connectivity index (χ3n) is 1.50. The van der Waals surface area contributed by atoms with Gasteiger partial charge in [-0.15, -0.1) is 0 Å². The molecule has 0 fully saturated rings. The van der Waals surface area contributed by atoms with Gasteiger partial charge in [0, 0.05) is 13.0 Å². The summed E-state index contributed by atoms with van der Waals surface area (Å²) in [6.07, 6.45) is 1.96. The molecule has 8 heteroatoms. The first kappa shape index (κ1) is 9.35. The number of nitrogens with one attached hydrogen (secondary N) is 1. The van der Waals surface area contributed by atoms with Crippen LogP contribution in [0.4, 0.5) is 5.82 Å². The third kappa shape index (κ3) is 2.18. The SMILES string of the molecule is Clc1nsnc1NCCc1ncon1. The molecular weight excluding hydrogens is 226 g/mol. The lowest BCUT2D eigenvalue weighted by molar-refractivity contribution is 0.410. The summed E-state index contributed by atoms with van der Waals surface area (Å²) in [4.78, 5) is 3.87. The molecule has 2 rings (SSSR count). The van der Waals surface area contributed by atoms with Gasteiger partial charge in [-0.1, -0.05) is 16.8 Å². The molecule has 74 valence electrons. The van der Waals surface area contributed by atoms with Crippen molar-refractivity contribution in [1.29, 1.82) is 0 Å². The second kappa shape index (κ2) is 4.34. The molecule has 0 aromatic carbocycles. The van der Waals surface area contributed by atoms with Crippen LogP contribution in [0.5, 0.6) is 0 Å². The van der Waals surface area contributed by atoms with E-state index in [-0.39, 0.29) is 0 Å². The Bertz CT molecular complexity index is 389. The van der Waals surface area contributed by atoms with E-state index in [0.29, 0.717) is 29.8 Å². The Kier molecular flexibility index (Phi) is 2.90. The average Bonchev–Trinajstić information content (AvgIpc) is 2.78. The zero-order valence-electron chi connectivity index (χ0n) is 6.97. The monoisotopic (exact) mass is 231 g/mol. The van der Waals surface area contributed by atoms with E-state index in [1.165, 1.54) is 6.39 Å². The van der Waals surface area contributed by atoms with Crippen molar-refractivity contribution in [1.82, 2.24) is 18.9 Å². The van der Waals surface area contributed by atoms with E-state index in [2.05, 4.69) is 28.7 Å². The van der Waals surface area contributed by atoms with Crippen molar-refractivity contribution >= 4 is 29.1 Å². The molecule has 0 bridgehead atoms. The van der Waals surface area contributed by atoms with E-state index in [9.17, 15) is 0 Å². The summed E-state index contributed by atoms with van der Waals surface area (Å²) in [7, 11) is 0. The average molecular weight is 232 g/mol. The second-order valence-electron chi connectivity index (χ2n) is 2.43. The summed E-state index contributed by atoms with van der Waals surface area (Å²) >= 11 is 6.79. The van der Waals surface area contributed by atoms with Crippen LogP contribution in [0.2, 0.25) is 5.15 Å². The Hall–Kier alpha value is -1.21. The quantitative estimate of drug-likeness (QED) is 0.853. The minimum absolute atomic E-state index is 0.392. The lowest BCUT2D eigenvalue weighted by Gasteiger charge is -1.98. The molecular formula is C6H6ClN5OS. The van der Waals surface area contributed by atoms with Gasteiger partial charge in [0.15, 0.2) is 16.8 Å². The van der Waals surface area contributed by atoms with Crippen LogP contribution in [0.15, 0.2) is 10.9 Å². The molecule has 0 atom stereocenters. The predicted octanol–water partition coefficient (Wildman–Crippen LogP) is 1.23. The van der Waals surface area contributed by atoms with Gasteiger partial charge in [-0.25, -0.2) is 0 Å². The van der Waals surface area contributed by atoms with Gasteiger partial charge in [-0.2, -0.15) is 13.7 Å². The summed E-state index contributed by atoms with van der Waals surface area (Å²) in [5.74, 6) is 1.25. The summed E-state index contributed by atoms with van der Waals surface area (Å²) < 4.78 is 12.4. The van der Waals surface area contributed by atoms with Gasteiger partial charge in [0.2, 0.25) is 6.39 Å². The summed E-state index contributed by atoms with van der Waals surface area (Å²) in [6, 6.07) is 0. The smallest absolute Gasteiger partial charge is 0.213 e. The standard InChI is InChI=1S/C6H6ClN5OS/c7-5-6(12-14-11-5)8-2-1-4-9-3-13-10-4/h3H,1-2H2,(H,8,12). The highest BCUT2D eigenvalue weighted by Crippen LogP contribution is 2.17. The van der Waals surface area contributed by atoms with Crippen LogP contribution in [0.1, 0.15) is 5.82 Å². The van der Waals surface area contributed by atoms with Crippen LogP contribution in [-0.4, -0.2) is 25.4 Å². The first-order valence-corrected chi connectivity index (χ1v) is 4.94. The molecule has 0 amide bonds. The van der Waals surface area contributed by atoms with Crippen molar-refractivity contribution in [3.63, 3.8) is 0 Å². The first-order chi connectivity index (χ1) is 6.86. The number of rotatable bonds is 4. The van der Waals surface area contributed by atoms with Gasteiger partial charge in [-0.3, -0.25) is 0 Å². The summed E-state index contributed by atoms with van der Waals surface area (Å²) in [5, 5.41) is 7.07. The van der Waals surface area contributed by atoms with E-state index in [4.69, 9.17) is 11.6 Å². The summed E-state index contributed by atoms with van der Waals surface area (Å²) in [6.45, 7) is 0.644. The fraction of sp³-hybridized carbons (Fsp3) is 0.333. The van der Waals surface area contributed by atoms with Crippen LogP contribution >= 0.6 is 23.3 Å². The van der Waals surface area contributed by atoms with Gasteiger partial charge in [0.25, 0.3) is 0 Å². The number of nitrogens with zero attached hydrogens (tertiary/aromatic N) is 4. The lowest BCUT2D eigenvalue weighted by atomic mass is 10.4. The molecule has 14 heavy (non-hydrogen) atoms. The molecule has 0 radical (unpaired) electrons. The number of hydrogen-bond acceptors (Lipinski definition) is 7. The molecule has 0 saturated heterocycles. The molecule has 2 aromatic rings. The first-order valence-electron chi connectivity index (χ1n) is 3.83. The van der Waals surface area contributed by atoms with Gasteiger partial charge < -0.3 is 9.84 Å². The molecule has 2 heterocycles. The number of anilines is 1. The maximum absolute atomic E-state index is 5.72. The van der Waals surface area contributed by atoms with Crippen LogP contribution in [0.25, 0.3) is 0 Å². The molecule has 2 aromatic heterocycles. The van der Waals surface area contributed by atoms with Crippen LogP contribution in [-0.2, 0) is 6.42 Å². The van der Waals surface area contributed by atoms with E-state index in [0.717, 1.165) is 11.7 Å². The van der Waals surface area contributed by atoms with Gasteiger partial charge in [0.1, 0.15) is 0 Å². The van der Waals surface area contributed by atoms with Crippen molar-refractivity contribution in [2.24, 2.45) is 0 Å². The Morgan fingerprint density at radius 2 is 2.43 bits per heavy atom. The molecule has 0 aliphatic rings. The lowest BCUT2D eigenvalue weighted by Crippen LogP contribution is -2.06. The number of halogens is 1. The van der Waals surface area contributed by atoms with E-state index < -0.39 is 0 Å². The Labute approximate surface area is 88.6 Å². The largest absolute Gasteiger partial charge is 0.366 e. The molecule has 0 unspecified atom stereocenters. The molecule has 1 N–H and O–H groups in total. The summed E-state index contributed by atoms with van der Waals surface area (Å²) in [5.41, 5.74) is 0. The third-order valence-corrected chi connectivity index (χ3v) is 2.39. The fourth-order valence-electron chi connectivity index (χ4n) is 0.878. The van der Waals surface area contributed by atoms with E-state index >= 15 is 0 Å². The Balaban J connectivity index is 1.81. The zero-order valence-corrected chi connectivity index (χ0v) is 8.55. The fourth-order valence-corrected chi connectivity index (χ4v) is 1.56. The molecule has 0 spiro atoms. The molecule has 0 aliphatic carbocycles. The van der Waals surface area contributed by atoms with Gasteiger partial charge >= 0.3 is 0 Å². The van der Waals surface area contributed by atoms with Crippen LogP contribution in [0.3, 0.4) is 0 Å². The van der Waals surface area contributed by atoms with Crippen molar-refractivity contribution in [2.45, 2.75) is 6.42 Å². The minimum atomic E-state index is 0.392. The Morgan fingerprint density at radius 1 is 1.50 bits per heavy atom. The second-order valence-corrected chi connectivity index (χ2v) is 3.31. The zero-order chi connectivity index (χ0) is 9.80. The Morgan fingerprint density at radius 3 is 3.07 bits per heavy atom. The van der Waals surface area contributed by atoms with E-state index in [1.54, 1.807) is 0 Å². The van der Waals surface area contributed by atoms with Gasteiger partial charge in [0.05, 0.1) is 11.7 Å². The normalized spacial score (nSPS) is 10.4. The molecule has 0 saturated carbocycles. The highest BCUT2D eigenvalue weighted by Gasteiger charge is 2.04. The van der Waals surface area contributed by atoms with Crippen molar-refractivity contribution in [3.8, 4) is 0 Å². The van der Waals surface area contributed by atoms with Crippen molar-refractivity contribution in [2.75, 3.05) is 11.9 Å². The van der Waals surface area contributed by atoms with Crippen LogP contribution < -0.4 is 5.32 Å². The topological polar surface area (TPSA) is 76.7 Å². The van der Waals surface area contributed by atoms with E-state index in [1.807, 2.05) is 0 Å². The van der Waals surface area contributed by atoms with Crippen molar-refractivity contribution in [3.05, 3.63) is 17.4 Å². The molecule has 6 nitrogen and oxygen atoms in total. The number of hydrogen-bond donors (Lipinski definition) is 1. The maximum Gasteiger partial charge on any atom is 0.213 e. The van der Waals surface area contributed by atoms with Crippen LogP contribution in [0, 0.1) is 0 Å². The highest BCUT2D eigenvalue weighted by molar-refractivity contribution is 6.99. The maximum atomic E-state index is 5.72. The van der Waals surface area contributed by atoms with Gasteiger partial charge in [-0.05, 0) is 0 Å². The predicted molar refractivity (Wildman–Crippen MR) is 51.4 cm³/mol. The minimum Gasteiger partial charge on any atom is -0.366 e. The number of aromatic nitrogens is 4. The van der Waals surface area contributed by atoms with Crippen molar-refractivity contribution < 1.29 is 4.52 Å². The highest BCUT2D eigenvalue weighted by atomic mass is 35.5. The molecule has 0 aliphatic heterocycles.